The fourth-order valence-electron chi connectivity index (χ4n) is 2.71. The van der Waals surface area contributed by atoms with Gasteiger partial charge in [-0.25, -0.2) is 4.98 Å². The second-order valence-electron chi connectivity index (χ2n) is 6.02. The van der Waals surface area contributed by atoms with E-state index in [-0.39, 0.29) is 23.8 Å². The minimum atomic E-state index is -0.258. The summed E-state index contributed by atoms with van der Waals surface area (Å²) in [4.78, 5) is 33.6. The van der Waals surface area contributed by atoms with Crippen molar-refractivity contribution in [1.82, 2.24) is 19.7 Å². The smallest absolute Gasteiger partial charge is 0.252 e. The Labute approximate surface area is 168 Å². The van der Waals surface area contributed by atoms with E-state index < -0.39 is 0 Å². The average Bonchev–Trinajstić information content (AvgIpc) is 3.42. The number of carbonyl (C=O) groups is 1. The van der Waals surface area contributed by atoms with Gasteiger partial charge in [-0.3, -0.25) is 14.6 Å². The highest BCUT2D eigenvalue weighted by atomic mass is 32.1. The van der Waals surface area contributed by atoms with Gasteiger partial charge in [0.15, 0.2) is 0 Å². The minimum absolute atomic E-state index is 0.157. The number of aryl methyl sites for hydroxylation is 1. The topological polar surface area (TPSA) is 92.7 Å². The van der Waals surface area contributed by atoms with Crippen LogP contribution in [0, 0.1) is 0 Å². The first-order chi connectivity index (χ1) is 13.6. The number of amides is 1. The number of thiophene rings is 2. The zero-order chi connectivity index (χ0) is 19.5. The molecule has 0 spiro atoms. The van der Waals surface area contributed by atoms with Crippen molar-refractivity contribution in [2.45, 2.75) is 19.8 Å². The molecule has 0 saturated heterocycles. The van der Waals surface area contributed by atoms with Gasteiger partial charge in [0.2, 0.25) is 11.9 Å². The molecule has 0 atom stereocenters. The minimum Gasteiger partial charge on any atom is -0.310 e. The van der Waals surface area contributed by atoms with Crippen LogP contribution in [0.4, 0.5) is 5.82 Å². The van der Waals surface area contributed by atoms with E-state index in [0.29, 0.717) is 23.6 Å². The van der Waals surface area contributed by atoms with Crippen molar-refractivity contribution in [3.05, 3.63) is 68.1 Å². The zero-order valence-corrected chi connectivity index (χ0v) is 16.6. The van der Waals surface area contributed by atoms with E-state index in [0.717, 1.165) is 9.75 Å². The van der Waals surface area contributed by atoms with Crippen molar-refractivity contribution >= 4 is 34.4 Å². The first-order valence-corrected chi connectivity index (χ1v) is 10.4. The Hall–Kier alpha value is -3.04. The first-order valence-electron chi connectivity index (χ1n) is 8.69. The molecule has 9 heteroatoms. The van der Waals surface area contributed by atoms with E-state index >= 15 is 0 Å². The molecule has 2 N–H and O–H groups in total. The number of nitrogens with zero attached hydrogens (tertiary/aromatic N) is 3. The van der Waals surface area contributed by atoms with Crippen molar-refractivity contribution in [1.29, 1.82) is 0 Å². The number of carbonyl (C=O) groups excluding carboxylic acids is 1. The molecule has 0 aromatic carbocycles. The third kappa shape index (κ3) is 3.95. The monoisotopic (exact) mass is 411 g/mol. The Bertz CT molecular complexity index is 1140. The van der Waals surface area contributed by atoms with E-state index in [4.69, 9.17) is 0 Å². The highest BCUT2D eigenvalue weighted by molar-refractivity contribution is 7.13. The Kier molecular flexibility index (Phi) is 5.18. The van der Waals surface area contributed by atoms with Gasteiger partial charge in [-0.05, 0) is 29.3 Å². The quantitative estimate of drug-likeness (QED) is 0.508. The molecular weight excluding hydrogens is 394 g/mol. The van der Waals surface area contributed by atoms with Gasteiger partial charge >= 0.3 is 0 Å². The van der Waals surface area contributed by atoms with Gasteiger partial charge in [-0.1, -0.05) is 19.1 Å². The zero-order valence-electron chi connectivity index (χ0n) is 15.0. The highest BCUT2D eigenvalue weighted by Gasteiger charge is 2.16. The second-order valence-corrected chi connectivity index (χ2v) is 8.00. The lowest BCUT2D eigenvalue weighted by atomic mass is 10.3. The molecule has 0 saturated carbocycles. The van der Waals surface area contributed by atoms with Gasteiger partial charge in [-0.15, -0.1) is 22.7 Å². The van der Waals surface area contributed by atoms with Crippen molar-refractivity contribution in [2.24, 2.45) is 0 Å². The number of hydrogen-bond donors (Lipinski definition) is 2. The molecule has 0 fully saturated rings. The third-order valence-corrected chi connectivity index (χ3v) is 5.78. The predicted molar refractivity (Wildman–Crippen MR) is 111 cm³/mol. The average molecular weight is 412 g/mol. The number of nitrogens with one attached hydrogen (secondary N) is 2. The molecule has 0 aliphatic rings. The van der Waals surface area contributed by atoms with Crippen LogP contribution in [0.15, 0.2) is 52.0 Å². The maximum atomic E-state index is 12.5. The third-order valence-electron chi connectivity index (χ3n) is 4.01. The number of H-pyrrole nitrogens is 1. The SMILES string of the molecule is CCc1cc(=O)[nH]c(-n2nc(-c3cccs3)cc2NC(=O)Cc2cccs2)n1. The number of aromatic nitrogens is 4. The van der Waals surface area contributed by atoms with Crippen LogP contribution >= 0.6 is 22.7 Å². The van der Waals surface area contributed by atoms with Crippen molar-refractivity contribution in [3.63, 3.8) is 0 Å². The number of aromatic amines is 1. The predicted octanol–water partition coefficient (Wildman–Crippen LogP) is 3.49. The number of rotatable bonds is 6. The summed E-state index contributed by atoms with van der Waals surface area (Å²) in [7, 11) is 0. The van der Waals surface area contributed by atoms with Gasteiger partial charge in [0.1, 0.15) is 11.5 Å². The Morgan fingerprint density at radius 3 is 2.75 bits per heavy atom. The molecule has 0 aliphatic heterocycles. The summed E-state index contributed by atoms with van der Waals surface area (Å²) in [5.41, 5.74) is 1.10. The molecule has 28 heavy (non-hydrogen) atoms. The molecular formula is C19H17N5O2S2. The molecule has 0 radical (unpaired) electrons. The van der Waals surface area contributed by atoms with Crippen LogP contribution in [0.5, 0.6) is 0 Å². The second kappa shape index (κ2) is 7.91. The molecule has 0 bridgehead atoms. The molecule has 1 amide bonds. The lowest BCUT2D eigenvalue weighted by molar-refractivity contribution is -0.115. The van der Waals surface area contributed by atoms with Crippen LogP contribution in [0.25, 0.3) is 16.5 Å². The maximum absolute atomic E-state index is 12.5. The van der Waals surface area contributed by atoms with Crippen LogP contribution in [0.2, 0.25) is 0 Å². The van der Waals surface area contributed by atoms with Crippen LogP contribution in [0.3, 0.4) is 0 Å². The van der Waals surface area contributed by atoms with E-state index in [1.54, 1.807) is 17.4 Å². The standard InChI is InChI=1S/C19H17N5O2S2/c1-2-12-9-17(25)22-19(20-12)24-16(11-14(23-24)15-6-4-8-28-15)21-18(26)10-13-5-3-7-27-13/h3-9,11H,2,10H2,1H3,(H,21,26)(H,20,22,25). The lowest BCUT2D eigenvalue weighted by Crippen LogP contribution is -2.20. The van der Waals surface area contributed by atoms with Crippen LogP contribution < -0.4 is 10.9 Å². The van der Waals surface area contributed by atoms with Crippen molar-refractivity contribution < 1.29 is 4.79 Å². The molecule has 142 valence electrons. The largest absolute Gasteiger partial charge is 0.310 e. The van der Waals surface area contributed by atoms with Crippen LogP contribution in [0.1, 0.15) is 17.5 Å². The van der Waals surface area contributed by atoms with Crippen molar-refractivity contribution in [2.75, 3.05) is 5.32 Å². The van der Waals surface area contributed by atoms with Gasteiger partial charge in [0.25, 0.3) is 5.56 Å². The maximum Gasteiger partial charge on any atom is 0.252 e. The van der Waals surface area contributed by atoms with Gasteiger partial charge < -0.3 is 5.32 Å². The molecule has 0 aliphatic carbocycles. The summed E-state index contributed by atoms with van der Waals surface area (Å²) < 4.78 is 1.47. The van der Waals surface area contributed by atoms with E-state index in [9.17, 15) is 9.59 Å². The van der Waals surface area contributed by atoms with E-state index in [1.165, 1.54) is 22.1 Å². The summed E-state index contributed by atoms with van der Waals surface area (Å²) in [5, 5.41) is 11.4. The van der Waals surface area contributed by atoms with E-state index in [1.807, 2.05) is 41.9 Å². The van der Waals surface area contributed by atoms with E-state index in [2.05, 4.69) is 20.4 Å². The molecule has 4 aromatic rings. The summed E-state index contributed by atoms with van der Waals surface area (Å²) in [6, 6.07) is 11.0. The molecule has 4 heterocycles. The summed E-state index contributed by atoms with van der Waals surface area (Å²) in [6.07, 6.45) is 0.895. The van der Waals surface area contributed by atoms with Gasteiger partial charge in [0.05, 0.1) is 11.3 Å². The molecule has 0 unspecified atom stereocenters. The van der Waals surface area contributed by atoms with Crippen molar-refractivity contribution in [3.8, 4) is 16.5 Å². The summed E-state index contributed by atoms with van der Waals surface area (Å²) >= 11 is 3.08. The number of hydrogen-bond acceptors (Lipinski definition) is 6. The number of anilines is 1. The molecule has 7 nitrogen and oxygen atoms in total. The lowest BCUT2D eigenvalue weighted by Gasteiger charge is -2.08. The molecule has 4 rings (SSSR count). The first kappa shape index (κ1) is 18.3. The Balaban J connectivity index is 1.72. The Morgan fingerprint density at radius 1 is 1.21 bits per heavy atom. The summed E-state index contributed by atoms with van der Waals surface area (Å²) in [5.74, 6) is 0.579. The van der Waals surface area contributed by atoms with Gasteiger partial charge in [-0.2, -0.15) is 9.78 Å². The highest BCUT2D eigenvalue weighted by Crippen LogP contribution is 2.27. The fraction of sp³-hybridized carbons (Fsp3) is 0.158. The summed E-state index contributed by atoms with van der Waals surface area (Å²) in [6.45, 7) is 1.93. The van der Waals surface area contributed by atoms with Gasteiger partial charge in [0, 0.05) is 22.7 Å². The normalized spacial score (nSPS) is 10.9. The fourth-order valence-corrected chi connectivity index (χ4v) is 4.09. The Morgan fingerprint density at radius 2 is 2.04 bits per heavy atom. The van der Waals surface area contributed by atoms with Crippen LogP contribution in [-0.4, -0.2) is 25.7 Å². The van der Waals surface area contributed by atoms with Crippen LogP contribution in [-0.2, 0) is 17.6 Å². The molecule has 4 aromatic heterocycles.